The lowest BCUT2D eigenvalue weighted by molar-refractivity contribution is -0.137. The molecule has 0 spiro atoms. The summed E-state index contributed by atoms with van der Waals surface area (Å²) in [5.41, 5.74) is -0.221. The first-order valence-corrected chi connectivity index (χ1v) is 8.05. The van der Waals surface area contributed by atoms with Crippen molar-refractivity contribution in [3.63, 3.8) is 0 Å². The van der Waals surface area contributed by atoms with Crippen LogP contribution in [0.25, 0.3) is 0 Å². The molecule has 0 heterocycles. The second kappa shape index (κ2) is 8.23. The van der Waals surface area contributed by atoms with Gasteiger partial charge in [0.15, 0.2) is 0 Å². The maximum Gasteiger partial charge on any atom is 0.416 e. The molecule has 0 atom stereocenters. The molecule has 0 fully saturated rings. The van der Waals surface area contributed by atoms with Gasteiger partial charge in [-0.05, 0) is 42.5 Å². The fraction of sp³-hybridized carbons (Fsp3) is 0.222. The van der Waals surface area contributed by atoms with E-state index in [1.165, 1.54) is 24.0 Å². The number of hydrogen-bond acceptors (Lipinski definition) is 2. The molecule has 2 aromatic rings. The van der Waals surface area contributed by atoms with Crippen molar-refractivity contribution in [3.8, 4) is 0 Å². The van der Waals surface area contributed by atoms with Crippen LogP contribution in [0.2, 0.25) is 5.02 Å². The molecule has 0 aliphatic rings. The summed E-state index contributed by atoms with van der Waals surface area (Å²) >= 11 is 5.81. The highest BCUT2D eigenvalue weighted by molar-refractivity contribution is 6.30. The van der Waals surface area contributed by atoms with Gasteiger partial charge in [-0.1, -0.05) is 17.7 Å². The van der Waals surface area contributed by atoms with E-state index in [0.29, 0.717) is 10.7 Å². The molecule has 0 aliphatic carbocycles. The summed E-state index contributed by atoms with van der Waals surface area (Å²) in [6.07, 6.45) is -4.56. The van der Waals surface area contributed by atoms with Crippen LogP contribution >= 0.6 is 11.6 Å². The van der Waals surface area contributed by atoms with E-state index in [0.717, 1.165) is 12.1 Å². The average Bonchev–Trinajstić information content (AvgIpc) is 2.56. The predicted octanol–water partition coefficient (Wildman–Crippen LogP) is 4.74. The average molecular weight is 385 g/mol. The van der Waals surface area contributed by atoms with Crippen LogP contribution in [0.5, 0.6) is 0 Å². The first-order valence-electron chi connectivity index (χ1n) is 7.67. The zero-order valence-corrected chi connectivity index (χ0v) is 14.6. The molecule has 0 aliphatic heterocycles. The minimum Gasteiger partial charge on any atom is -0.326 e. The Balaban J connectivity index is 2.00. The Morgan fingerprint density at radius 3 is 2.35 bits per heavy atom. The van der Waals surface area contributed by atoms with Crippen molar-refractivity contribution in [1.29, 1.82) is 0 Å². The van der Waals surface area contributed by atoms with Gasteiger partial charge in [0, 0.05) is 36.3 Å². The maximum absolute atomic E-state index is 12.7. The normalized spacial score (nSPS) is 11.1. The van der Waals surface area contributed by atoms with Gasteiger partial charge in [0.2, 0.25) is 11.8 Å². The van der Waals surface area contributed by atoms with E-state index in [1.54, 1.807) is 24.3 Å². The summed E-state index contributed by atoms with van der Waals surface area (Å²) < 4.78 is 38.1. The van der Waals surface area contributed by atoms with Crippen molar-refractivity contribution >= 4 is 34.8 Å². The standard InChI is InChI=1S/C18H16ClF3N2O2/c1-12(25)24(16-7-5-14(19)6-8-16)10-9-17(26)23-15-4-2-3-13(11-15)18(20,21)22/h2-8,11H,9-10H2,1H3,(H,23,26). The van der Waals surface area contributed by atoms with Crippen molar-refractivity contribution in [2.24, 2.45) is 0 Å². The van der Waals surface area contributed by atoms with E-state index in [9.17, 15) is 22.8 Å². The molecular formula is C18H16ClF3N2O2. The fourth-order valence-electron chi connectivity index (χ4n) is 2.30. The van der Waals surface area contributed by atoms with Gasteiger partial charge in [-0.3, -0.25) is 9.59 Å². The van der Waals surface area contributed by atoms with Gasteiger partial charge >= 0.3 is 6.18 Å². The van der Waals surface area contributed by atoms with Crippen molar-refractivity contribution < 1.29 is 22.8 Å². The predicted molar refractivity (Wildman–Crippen MR) is 94.2 cm³/mol. The van der Waals surface area contributed by atoms with Gasteiger partial charge in [0.1, 0.15) is 0 Å². The number of carbonyl (C=O) groups excluding carboxylic acids is 2. The van der Waals surface area contributed by atoms with Crippen molar-refractivity contribution in [2.75, 3.05) is 16.8 Å². The van der Waals surface area contributed by atoms with E-state index >= 15 is 0 Å². The zero-order chi connectivity index (χ0) is 19.3. The molecule has 0 radical (unpaired) electrons. The van der Waals surface area contributed by atoms with Crippen LogP contribution in [0.15, 0.2) is 48.5 Å². The lowest BCUT2D eigenvalue weighted by Crippen LogP contribution is -2.31. The molecule has 0 bridgehead atoms. The monoisotopic (exact) mass is 384 g/mol. The van der Waals surface area contributed by atoms with Gasteiger partial charge in [-0.2, -0.15) is 13.2 Å². The second-order valence-corrected chi connectivity index (χ2v) is 5.96. The number of halogens is 4. The van der Waals surface area contributed by atoms with Gasteiger partial charge in [0.25, 0.3) is 0 Å². The first kappa shape index (κ1) is 19.8. The van der Waals surface area contributed by atoms with Crippen LogP contribution < -0.4 is 10.2 Å². The molecular weight excluding hydrogens is 369 g/mol. The smallest absolute Gasteiger partial charge is 0.326 e. The van der Waals surface area contributed by atoms with Crippen LogP contribution in [-0.4, -0.2) is 18.4 Å². The lowest BCUT2D eigenvalue weighted by Gasteiger charge is -2.21. The topological polar surface area (TPSA) is 49.4 Å². The minimum atomic E-state index is -4.49. The van der Waals surface area contributed by atoms with E-state index in [1.807, 2.05) is 0 Å². The number of rotatable bonds is 5. The summed E-state index contributed by atoms with van der Waals surface area (Å²) in [5, 5.41) is 2.92. The maximum atomic E-state index is 12.7. The molecule has 138 valence electrons. The number of alkyl halides is 3. The van der Waals surface area contributed by atoms with Gasteiger partial charge in [-0.15, -0.1) is 0 Å². The van der Waals surface area contributed by atoms with Crippen LogP contribution in [0, 0.1) is 0 Å². The van der Waals surface area contributed by atoms with Crippen molar-refractivity contribution in [1.82, 2.24) is 0 Å². The minimum absolute atomic E-state index is 0.0469. The molecule has 2 amide bonds. The van der Waals surface area contributed by atoms with Crippen LogP contribution in [0.1, 0.15) is 18.9 Å². The summed E-state index contributed by atoms with van der Waals surface area (Å²) in [6.45, 7) is 1.45. The Morgan fingerprint density at radius 2 is 1.77 bits per heavy atom. The molecule has 0 unspecified atom stereocenters. The second-order valence-electron chi connectivity index (χ2n) is 5.52. The molecule has 2 aromatic carbocycles. The molecule has 2 rings (SSSR count). The number of amides is 2. The highest BCUT2D eigenvalue weighted by atomic mass is 35.5. The Labute approximate surface area is 153 Å². The van der Waals surface area contributed by atoms with Gasteiger partial charge in [-0.25, -0.2) is 0 Å². The largest absolute Gasteiger partial charge is 0.416 e. The van der Waals surface area contributed by atoms with Crippen LogP contribution in [0.3, 0.4) is 0 Å². The molecule has 0 saturated carbocycles. The number of hydrogen-bond donors (Lipinski definition) is 1. The quantitative estimate of drug-likeness (QED) is 0.809. The van der Waals surface area contributed by atoms with E-state index in [-0.39, 0.29) is 24.6 Å². The Hall–Kier alpha value is -2.54. The molecule has 8 heteroatoms. The van der Waals surface area contributed by atoms with E-state index in [2.05, 4.69) is 5.32 Å². The van der Waals surface area contributed by atoms with Crippen LogP contribution in [0.4, 0.5) is 24.5 Å². The third-order valence-electron chi connectivity index (χ3n) is 3.55. The zero-order valence-electron chi connectivity index (χ0n) is 13.8. The Bertz CT molecular complexity index is 792. The Kier molecular flexibility index (Phi) is 6.26. The summed E-state index contributed by atoms with van der Waals surface area (Å²) in [6, 6.07) is 10.9. The van der Waals surface area contributed by atoms with Crippen LogP contribution in [-0.2, 0) is 15.8 Å². The summed E-state index contributed by atoms with van der Waals surface area (Å²) in [7, 11) is 0. The third kappa shape index (κ3) is 5.49. The number of nitrogens with one attached hydrogen (secondary N) is 1. The summed E-state index contributed by atoms with van der Waals surface area (Å²) in [5.74, 6) is -0.760. The van der Waals surface area contributed by atoms with E-state index < -0.39 is 17.6 Å². The molecule has 1 N–H and O–H groups in total. The highest BCUT2D eigenvalue weighted by Gasteiger charge is 2.30. The first-order chi connectivity index (χ1) is 12.2. The third-order valence-corrected chi connectivity index (χ3v) is 3.81. The fourth-order valence-corrected chi connectivity index (χ4v) is 2.43. The van der Waals surface area contributed by atoms with Crippen molar-refractivity contribution in [3.05, 3.63) is 59.1 Å². The molecule has 4 nitrogen and oxygen atoms in total. The van der Waals surface area contributed by atoms with Crippen molar-refractivity contribution in [2.45, 2.75) is 19.5 Å². The SMILES string of the molecule is CC(=O)N(CCC(=O)Nc1cccc(C(F)(F)F)c1)c1ccc(Cl)cc1. The highest BCUT2D eigenvalue weighted by Crippen LogP contribution is 2.30. The van der Waals surface area contributed by atoms with Gasteiger partial charge < -0.3 is 10.2 Å². The number of anilines is 2. The van der Waals surface area contributed by atoms with E-state index in [4.69, 9.17) is 11.6 Å². The molecule has 0 aromatic heterocycles. The Morgan fingerprint density at radius 1 is 1.12 bits per heavy atom. The number of nitrogens with zero attached hydrogens (tertiary/aromatic N) is 1. The van der Waals surface area contributed by atoms with Gasteiger partial charge in [0.05, 0.1) is 5.56 Å². The number of carbonyl (C=O) groups is 2. The molecule has 0 saturated heterocycles. The lowest BCUT2D eigenvalue weighted by atomic mass is 10.2. The number of benzene rings is 2. The summed E-state index contributed by atoms with van der Waals surface area (Å²) in [4.78, 5) is 25.2. The molecule has 26 heavy (non-hydrogen) atoms.